The topological polar surface area (TPSA) is 109 Å². The predicted octanol–water partition coefficient (Wildman–Crippen LogP) is 2.60. The zero-order valence-corrected chi connectivity index (χ0v) is 20.6. The van der Waals surface area contributed by atoms with Gasteiger partial charge in [0.2, 0.25) is 27.6 Å². The number of carbonyl (C=O) groups is 1. The summed E-state index contributed by atoms with van der Waals surface area (Å²) in [5.74, 6) is 0.458. The summed E-state index contributed by atoms with van der Waals surface area (Å²) in [5.41, 5.74) is 4.66. The molecule has 1 N–H and O–H groups in total. The Hall–Kier alpha value is -3.24. The van der Waals surface area contributed by atoms with Crippen LogP contribution in [0.15, 0.2) is 45.8 Å². The number of anilines is 1. The van der Waals surface area contributed by atoms with Crippen LogP contribution < -0.4 is 9.62 Å². The molecule has 34 heavy (non-hydrogen) atoms. The number of hydrogen-bond donors (Lipinski definition) is 1. The highest BCUT2D eigenvalue weighted by Crippen LogP contribution is 2.24. The highest BCUT2D eigenvalue weighted by atomic mass is 32.2. The van der Waals surface area contributed by atoms with E-state index in [0.717, 1.165) is 0 Å². The monoisotopic (exact) mass is 483 g/mol. The van der Waals surface area contributed by atoms with Crippen molar-refractivity contribution in [2.45, 2.75) is 32.6 Å². The van der Waals surface area contributed by atoms with Gasteiger partial charge >= 0.3 is 0 Å². The minimum absolute atomic E-state index is 0.0833. The summed E-state index contributed by atoms with van der Waals surface area (Å²) in [4.78, 5) is 21.0. The standard InChI is InChI=1S/C24H29N5O4S/c1-16-5-6-17(2)21(13-16)28-9-11-29(12-10-28)23(30)15-25-34(31,32)22-14-20(8-7-18(22)3)24-26-19(4)33-27-24/h5-8,13-14,25H,9-12,15H2,1-4H3. The van der Waals surface area contributed by atoms with Crippen molar-refractivity contribution in [3.8, 4) is 11.4 Å². The number of aromatic nitrogens is 2. The van der Waals surface area contributed by atoms with Gasteiger partial charge in [-0.15, -0.1) is 0 Å². The first-order valence-electron chi connectivity index (χ1n) is 11.1. The SMILES string of the molecule is Cc1ccc(C)c(N2CCN(C(=O)CNS(=O)(=O)c3cc(-c4noc(C)n4)ccc3C)CC2)c1. The van der Waals surface area contributed by atoms with Crippen LogP contribution in [0, 0.1) is 27.7 Å². The summed E-state index contributed by atoms with van der Waals surface area (Å²) >= 11 is 0. The Morgan fingerprint density at radius 2 is 1.71 bits per heavy atom. The normalized spacial score (nSPS) is 14.5. The molecule has 2 heterocycles. The lowest BCUT2D eigenvalue weighted by Crippen LogP contribution is -2.51. The van der Waals surface area contributed by atoms with Gasteiger partial charge in [-0.2, -0.15) is 4.98 Å². The molecule has 1 saturated heterocycles. The maximum absolute atomic E-state index is 13.0. The van der Waals surface area contributed by atoms with Crippen LogP contribution in [0.2, 0.25) is 0 Å². The van der Waals surface area contributed by atoms with Crippen molar-refractivity contribution in [2.75, 3.05) is 37.6 Å². The summed E-state index contributed by atoms with van der Waals surface area (Å²) < 4.78 is 33.4. The maximum Gasteiger partial charge on any atom is 0.241 e. The third-order valence-electron chi connectivity index (χ3n) is 6.01. The van der Waals surface area contributed by atoms with E-state index in [0.29, 0.717) is 49.0 Å². The van der Waals surface area contributed by atoms with Crippen molar-refractivity contribution in [1.29, 1.82) is 0 Å². The second-order valence-corrected chi connectivity index (χ2v) is 10.3. The van der Waals surface area contributed by atoms with E-state index in [1.54, 1.807) is 30.9 Å². The Kier molecular flexibility index (Phi) is 6.72. The van der Waals surface area contributed by atoms with Crippen LogP contribution in [0.3, 0.4) is 0 Å². The fourth-order valence-corrected chi connectivity index (χ4v) is 5.29. The first-order valence-corrected chi connectivity index (χ1v) is 12.6. The van der Waals surface area contributed by atoms with Crippen molar-refractivity contribution in [1.82, 2.24) is 19.8 Å². The molecule has 0 radical (unpaired) electrons. The summed E-state index contributed by atoms with van der Waals surface area (Å²) in [7, 11) is -3.91. The number of benzene rings is 2. The third kappa shape index (κ3) is 5.13. The number of amides is 1. The highest BCUT2D eigenvalue weighted by Gasteiger charge is 2.25. The fraction of sp³-hybridized carbons (Fsp3) is 0.375. The summed E-state index contributed by atoms with van der Waals surface area (Å²) in [6, 6.07) is 11.3. The smallest absolute Gasteiger partial charge is 0.241 e. The van der Waals surface area contributed by atoms with Gasteiger partial charge in [0.25, 0.3) is 0 Å². The largest absolute Gasteiger partial charge is 0.368 e. The van der Waals surface area contributed by atoms with Crippen molar-refractivity contribution < 1.29 is 17.7 Å². The Balaban J connectivity index is 1.39. The lowest BCUT2D eigenvalue weighted by Gasteiger charge is -2.37. The van der Waals surface area contributed by atoms with Crippen LogP contribution in [0.25, 0.3) is 11.4 Å². The van der Waals surface area contributed by atoms with E-state index in [1.807, 2.05) is 0 Å². The van der Waals surface area contributed by atoms with Crippen molar-refractivity contribution in [2.24, 2.45) is 0 Å². The average molecular weight is 484 g/mol. The molecule has 3 aromatic rings. The molecule has 0 atom stereocenters. The molecule has 0 aliphatic carbocycles. The van der Waals surface area contributed by atoms with E-state index < -0.39 is 10.0 Å². The molecule has 0 unspecified atom stereocenters. The van der Waals surface area contributed by atoms with E-state index in [-0.39, 0.29) is 17.3 Å². The van der Waals surface area contributed by atoms with Gasteiger partial charge in [0.1, 0.15) is 0 Å². The zero-order valence-electron chi connectivity index (χ0n) is 19.8. The van der Waals surface area contributed by atoms with Crippen molar-refractivity contribution in [3.63, 3.8) is 0 Å². The zero-order chi connectivity index (χ0) is 24.5. The first kappa shape index (κ1) is 23.9. The summed E-state index contributed by atoms with van der Waals surface area (Å²) in [5, 5.41) is 3.85. The molecule has 1 amide bonds. The van der Waals surface area contributed by atoms with Gasteiger partial charge in [-0.25, -0.2) is 13.1 Å². The van der Waals surface area contributed by atoms with E-state index in [2.05, 4.69) is 51.8 Å². The summed E-state index contributed by atoms with van der Waals surface area (Å²) in [6.45, 7) is 9.71. The number of carbonyl (C=O) groups excluding carboxylic acids is 1. The van der Waals surface area contributed by atoms with Crippen LogP contribution >= 0.6 is 0 Å². The lowest BCUT2D eigenvalue weighted by atomic mass is 10.1. The van der Waals surface area contributed by atoms with E-state index in [1.165, 1.54) is 22.9 Å². The third-order valence-corrected chi connectivity index (χ3v) is 7.56. The molecular weight excluding hydrogens is 454 g/mol. The highest BCUT2D eigenvalue weighted by molar-refractivity contribution is 7.89. The minimum atomic E-state index is -3.91. The molecule has 1 fully saturated rings. The Morgan fingerprint density at radius 1 is 1.00 bits per heavy atom. The molecule has 0 spiro atoms. The first-order chi connectivity index (χ1) is 16.1. The van der Waals surface area contributed by atoms with Gasteiger partial charge in [0, 0.05) is 44.4 Å². The van der Waals surface area contributed by atoms with Gasteiger partial charge in [-0.05, 0) is 49.6 Å². The minimum Gasteiger partial charge on any atom is -0.368 e. The van der Waals surface area contributed by atoms with Crippen LogP contribution in [0.5, 0.6) is 0 Å². The molecule has 1 aliphatic heterocycles. The lowest BCUT2D eigenvalue weighted by molar-refractivity contribution is -0.130. The number of nitrogens with zero attached hydrogens (tertiary/aromatic N) is 4. The van der Waals surface area contributed by atoms with E-state index in [4.69, 9.17) is 4.52 Å². The molecule has 0 bridgehead atoms. The molecular formula is C24H29N5O4S. The Morgan fingerprint density at radius 3 is 2.38 bits per heavy atom. The molecule has 10 heteroatoms. The van der Waals surface area contributed by atoms with Crippen molar-refractivity contribution >= 4 is 21.6 Å². The maximum atomic E-state index is 13.0. The van der Waals surface area contributed by atoms with E-state index >= 15 is 0 Å². The van der Waals surface area contributed by atoms with Crippen LogP contribution in [0.4, 0.5) is 5.69 Å². The average Bonchev–Trinajstić information content (AvgIpc) is 3.25. The van der Waals surface area contributed by atoms with Gasteiger partial charge in [-0.3, -0.25) is 4.79 Å². The molecule has 1 aromatic heterocycles. The Bertz CT molecular complexity index is 1310. The Labute approximate surface area is 199 Å². The predicted molar refractivity (Wildman–Crippen MR) is 129 cm³/mol. The van der Waals surface area contributed by atoms with Crippen molar-refractivity contribution in [3.05, 3.63) is 59.0 Å². The molecule has 0 saturated carbocycles. The summed E-state index contributed by atoms with van der Waals surface area (Å²) in [6.07, 6.45) is 0. The molecule has 180 valence electrons. The number of aryl methyl sites for hydroxylation is 4. The number of sulfonamides is 1. The molecule has 2 aromatic carbocycles. The van der Waals surface area contributed by atoms with Gasteiger partial charge < -0.3 is 14.3 Å². The van der Waals surface area contributed by atoms with Crippen LogP contribution in [-0.2, 0) is 14.8 Å². The quantitative estimate of drug-likeness (QED) is 0.574. The fourth-order valence-electron chi connectivity index (χ4n) is 4.05. The van der Waals surface area contributed by atoms with E-state index in [9.17, 15) is 13.2 Å². The molecule has 4 rings (SSSR count). The molecule has 1 aliphatic rings. The van der Waals surface area contributed by atoms with Gasteiger partial charge in [0.05, 0.1) is 11.4 Å². The van der Waals surface area contributed by atoms with Crippen LogP contribution in [0.1, 0.15) is 22.6 Å². The second-order valence-electron chi connectivity index (χ2n) is 8.60. The number of hydrogen-bond acceptors (Lipinski definition) is 7. The molecule has 9 nitrogen and oxygen atoms in total. The number of rotatable bonds is 6. The van der Waals surface area contributed by atoms with Gasteiger partial charge in [0.15, 0.2) is 0 Å². The number of piperazine rings is 1. The van der Waals surface area contributed by atoms with Crippen LogP contribution in [-0.4, -0.2) is 62.1 Å². The second kappa shape index (κ2) is 9.55. The number of nitrogens with one attached hydrogen (secondary N) is 1. The van der Waals surface area contributed by atoms with Gasteiger partial charge in [-0.1, -0.05) is 29.4 Å².